The SMILES string of the molecule is CC(NCCc1ccn(C)n1)c1cscn1. The Hall–Kier alpha value is -1.20. The maximum Gasteiger partial charge on any atom is 0.0795 e. The molecule has 2 aromatic rings. The van der Waals surface area contributed by atoms with Crippen molar-refractivity contribution in [1.29, 1.82) is 0 Å². The molecule has 0 aromatic carbocycles. The first kappa shape index (κ1) is 11.3. The molecular formula is C11H16N4S. The summed E-state index contributed by atoms with van der Waals surface area (Å²) >= 11 is 1.63. The van der Waals surface area contributed by atoms with Crippen molar-refractivity contribution < 1.29 is 0 Å². The molecule has 0 aliphatic carbocycles. The van der Waals surface area contributed by atoms with Gasteiger partial charge < -0.3 is 5.32 Å². The van der Waals surface area contributed by atoms with E-state index in [1.165, 1.54) is 0 Å². The van der Waals surface area contributed by atoms with E-state index >= 15 is 0 Å². The molecule has 4 nitrogen and oxygen atoms in total. The van der Waals surface area contributed by atoms with Gasteiger partial charge in [0.25, 0.3) is 0 Å². The third-order valence-electron chi connectivity index (χ3n) is 2.50. The molecule has 0 fully saturated rings. The summed E-state index contributed by atoms with van der Waals surface area (Å²) in [5.41, 5.74) is 4.11. The van der Waals surface area contributed by atoms with Crippen LogP contribution in [0, 0.1) is 0 Å². The van der Waals surface area contributed by atoms with E-state index < -0.39 is 0 Å². The maximum atomic E-state index is 4.33. The molecular weight excluding hydrogens is 220 g/mol. The summed E-state index contributed by atoms with van der Waals surface area (Å²) in [4.78, 5) is 4.28. The Labute approximate surface area is 99.3 Å². The largest absolute Gasteiger partial charge is 0.308 e. The van der Waals surface area contributed by atoms with Crippen LogP contribution in [-0.2, 0) is 13.5 Å². The first-order chi connectivity index (χ1) is 7.75. The molecule has 0 saturated carbocycles. The van der Waals surface area contributed by atoms with Crippen LogP contribution in [-0.4, -0.2) is 21.3 Å². The lowest BCUT2D eigenvalue weighted by Gasteiger charge is -2.10. The van der Waals surface area contributed by atoms with Crippen LogP contribution in [0.15, 0.2) is 23.2 Å². The van der Waals surface area contributed by atoms with Crippen LogP contribution in [0.2, 0.25) is 0 Å². The molecule has 0 bridgehead atoms. The minimum absolute atomic E-state index is 0.315. The number of hydrogen-bond acceptors (Lipinski definition) is 4. The van der Waals surface area contributed by atoms with E-state index in [1.807, 2.05) is 23.4 Å². The molecule has 0 aliphatic heterocycles. The van der Waals surface area contributed by atoms with Crippen molar-refractivity contribution in [2.24, 2.45) is 7.05 Å². The number of hydrogen-bond donors (Lipinski definition) is 1. The van der Waals surface area contributed by atoms with E-state index in [0.717, 1.165) is 24.4 Å². The van der Waals surface area contributed by atoms with Gasteiger partial charge in [-0.1, -0.05) is 0 Å². The van der Waals surface area contributed by atoms with Crippen LogP contribution in [0.25, 0.3) is 0 Å². The molecule has 5 heteroatoms. The van der Waals surface area contributed by atoms with Crippen LogP contribution in [0.3, 0.4) is 0 Å². The Kier molecular flexibility index (Phi) is 3.69. The monoisotopic (exact) mass is 236 g/mol. The number of aryl methyl sites for hydroxylation is 1. The smallest absolute Gasteiger partial charge is 0.0795 e. The highest BCUT2D eigenvalue weighted by Crippen LogP contribution is 2.11. The van der Waals surface area contributed by atoms with Gasteiger partial charge in [-0.05, 0) is 13.0 Å². The Morgan fingerprint density at radius 2 is 2.44 bits per heavy atom. The number of rotatable bonds is 5. The molecule has 0 aliphatic rings. The third-order valence-corrected chi connectivity index (χ3v) is 3.10. The molecule has 2 rings (SSSR count). The zero-order valence-electron chi connectivity index (χ0n) is 9.55. The third kappa shape index (κ3) is 2.90. The van der Waals surface area contributed by atoms with Crippen LogP contribution < -0.4 is 5.32 Å². The Morgan fingerprint density at radius 1 is 1.56 bits per heavy atom. The van der Waals surface area contributed by atoms with Crippen molar-refractivity contribution in [3.63, 3.8) is 0 Å². The Morgan fingerprint density at radius 3 is 3.06 bits per heavy atom. The van der Waals surface area contributed by atoms with Crippen LogP contribution in [0.1, 0.15) is 24.4 Å². The maximum absolute atomic E-state index is 4.33. The van der Waals surface area contributed by atoms with Crippen molar-refractivity contribution in [2.75, 3.05) is 6.54 Å². The van der Waals surface area contributed by atoms with Gasteiger partial charge in [0.2, 0.25) is 0 Å². The van der Waals surface area contributed by atoms with Gasteiger partial charge in [0.05, 0.1) is 16.9 Å². The second-order valence-electron chi connectivity index (χ2n) is 3.82. The zero-order valence-corrected chi connectivity index (χ0v) is 10.4. The summed E-state index contributed by atoms with van der Waals surface area (Å²) in [6.45, 7) is 3.06. The van der Waals surface area contributed by atoms with Crippen LogP contribution >= 0.6 is 11.3 Å². The second kappa shape index (κ2) is 5.23. The summed E-state index contributed by atoms with van der Waals surface area (Å²) in [7, 11) is 1.94. The van der Waals surface area contributed by atoms with Gasteiger partial charge in [-0.3, -0.25) is 4.68 Å². The van der Waals surface area contributed by atoms with Crippen molar-refractivity contribution in [2.45, 2.75) is 19.4 Å². The van der Waals surface area contributed by atoms with Crippen molar-refractivity contribution in [3.05, 3.63) is 34.5 Å². The van der Waals surface area contributed by atoms with E-state index in [9.17, 15) is 0 Å². The fourth-order valence-corrected chi connectivity index (χ4v) is 2.20. The Balaban J connectivity index is 1.76. The molecule has 86 valence electrons. The van der Waals surface area contributed by atoms with Gasteiger partial charge in [0, 0.05) is 37.6 Å². The van der Waals surface area contributed by atoms with E-state index in [1.54, 1.807) is 11.3 Å². The van der Waals surface area contributed by atoms with E-state index in [-0.39, 0.29) is 0 Å². The first-order valence-electron chi connectivity index (χ1n) is 5.35. The van der Waals surface area contributed by atoms with E-state index in [2.05, 4.69) is 33.8 Å². The van der Waals surface area contributed by atoms with Crippen LogP contribution in [0.4, 0.5) is 0 Å². The molecule has 0 radical (unpaired) electrons. The van der Waals surface area contributed by atoms with Gasteiger partial charge in [0.15, 0.2) is 0 Å². The summed E-state index contributed by atoms with van der Waals surface area (Å²) < 4.78 is 1.83. The molecule has 0 amide bonds. The van der Waals surface area contributed by atoms with Crippen LogP contribution in [0.5, 0.6) is 0 Å². The Bertz CT molecular complexity index is 421. The minimum Gasteiger partial charge on any atom is -0.308 e. The first-order valence-corrected chi connectivity index (χ1v) is 6.30. The molecule has 0 saturated heterocycles. The minimum atomic E-state index is 0.315. The van der Waals surface area contributed by atoms with Gasteiger partial charge in [0.1, 0.15) is 0 Å². The number of nitrogens with one attached hydrogen (secondary N) is 1. The lowest BCUT2D eigenvalue weighted by molar-refractivity contribution is 0.561. The lowest BCUT2D eigenvalue weighted by Crippen LogP contribution is -2.21. The van der Waals surface area contributed by atoms with Gasteiger partial charge in [-0.25, -0.2) is 4.98 Å². The molecule has 1 N–H and O–H groups in total. The zero-order chi connectivity index (χ0) is 11.4. The topological polar surface area (TPSA) is 42.7 Å². The molecule has 16 heavy (non-hydrogen) atoms. The number of thiazole rings is 1. The predicted octanol–water partition coefficient (Wildman–Crippen LogP) is 1.77. The summed E-state index contributed by atoms with van der Waals surface area (Å²) in [5, 5.41) is 9.85. The van der Waals surface area contributed by atoms with Crippen molar-refractivity contribution >= 4 is 11.3 Å². The molecule has 1 atom stereocenters. The normalized spacial score (nSPS) is 12.9. The average Bonchev–Trinajstić information content (AvgIpc) is 2.89. The van der Waals surface area contributed by atoms with Gasteiger partial charge in [-0.15, -0.1) is 11.3 Å². The average molecular weight is 236 g/mol. The number of aromatic nitrogens is 3. The molecule has 0 spiro atoms. The van der Waals surface area contributed by atoms with E-state index in [0.29, 0.717) is 6.04 Å². The van der Waals surface area contributed by atoms with Gasteiger partial charge in [-0.2, -0.15) is 5.10 Å². The van der Waals surface area contributed by atoms with Crippen molar-refractivity contribution in [3.8, 4) is 0 Å². The van der Waals surface area contributed by atoms with Crippen molar-refractivity contribution in [1.82, 2.24) is 20.1 Å². The van der Waals surface area contributed by atoms with Gasteiger partial charge >= 0.3 is 0 Å². The fourth-order valence-electron chi connectivity index (χ4n) is 1.55. The van der Waals surface area contributed by atoms with E-state index in [4.69, 9.17) is 0 Å². The standard InChI is InChI=1S/C11H16N4S/c1-9(11-7-16-8-13-11)12-5-3-10-4-6-15(2)14-10/h4,6-9,12H,3,5H2,1-2H3. The predicted molar refractivity (Wildman–Crippen MR) is 65.4 cm³/mol. The lowest BCUT2D eigenvalue weighted by atomic mass is 10.2. The molecule has 2 aromatic heterocycles. The fraction of sp³-hybridized carbons (Fsp3) is 0.455. The molecule has 2 heterocycles. The molecule has 1 unspecified atom stereocenters. The summed E-state index contributed by atoms with van der Waals surface area (Å²) in [6.07, 6.45) is 2.93. The highest BCUT2D eigenvalue weighted by Gasteiger charge is 2.06. The highest BCUT2D eigenvalue weighted by atomic mass is 32.1. The quantitative estimate of drug-likeness (QED) is 0.860. The number of nitrogens with zero attached hydrogens (tertiary/aromatic N) is 3. The summed E-state index contributed by atoms with van der Waals surface area (Å²) in [5.74, 6) is 0. The second-order valence-corrected chi connectivity index (χ2v) is 4.54. The highest BCUT2D eigenvalue weighted by molar-refractivity contribution is 7.07. The summed E-state index contributed by atoms with van der Waals surface area (Å²) in [6, 6.07) is 2.37.